The third-order valence-electron chi connectivity index (χ3n) is 1.99. The lowest BCUT2D eigenvalue weighted by molar-refractivity contribution is 0.192. The van der Waals surface area contributed by atoms with Gasteiger partial charge in [-0.25, -0.2) is 9.97 Å². The van der Waals surface area contributed by atoms with Gasteiger partial charge in [0.1, 0.15) is 11.8 Å². The number of rotatable bonds is 6. The van der Waals surface area contributed by atoms with Crippen LogP contribution in [0.5, 0.6) is 0 Å². The maximum atomic E-state index is 9.03. The van der Waals surface area contributed by atoms with E-state index in [2.05, 4.69) is 20.6 Å². The molecule has 6 heteroatoms. The van der Waals surface area contributed by atoms with Crippen molar-refractivity contribution in [1.82, 2.24) is 15.3 Å². The minimum atomic E-state index is -0.351. The second-order valence-electron chi connectivity index (χ2n) is 3.81. The molecular weight excluding hydrogens is 218 g/mol. The molecule has 6 nitrogen and oxygen atoms in total. The Morgan fingerprint density at radius 2 is 2.24 bits per heavy atom. The summed E-state index contributed by atoms with van der Waals surface area (Å²) in [5.41, 5.74) is 1.12. The average Bonchev–Trinajstić information content (AvgIpc) is 2.27. The van der Waals surface area contributed by atoms with E-state index in [1.54, 1.807) is 13.0 Å². The summed E-state index contributed by atoms with van der Waals surface area (Å²) in [6, 6.07) is 3.62. The Morgan fingerprint density at radius 1 is 1.47 bits per heavy atom. The van der Waals surface area contributed by atoms with Crippen molar-refractivity contribution in [3.63, 3.8) is 0 Å². The van der Waals surface area contributed by atoms with Crippen LogP contribution in [0, 0.1) is 18.3 Å². The molecule has 0 radical (unpaired) electrons. The zero-order valence-corrected chi connectivity index (χ0v) is 10.1. The van der Waals surface area contributed by atoms with Crippen LogP contribution in [0.4, 0.5) is 5.95 Å². The molecular formula is C11H17N5O. The molecule has 0 amide bonds. The van der Waals surface area contributed by atoms with Crippen molar-refractivity contribution in [2.45, 2.75) is 20.0 Å². The third kappa shape index (κ3) is 5.24. The standard InChI is InChI=1S/C11H17N5O/c1-8-5-10(6-12)16-11(15-8)14-4-3-13-7-9(2)17/h5,9,13,17H,3-4,7H2,1-2H3,(H,14,15,16). The van der Waals surface area contributed by atoms with Crippen LogP contribution in [-0.2, 0) is 0 Å². The first kappa shape index (κ1) is 13.4. The van der Waals surface area contributed by atoms with Crippen molar-refractivity contribution in [2.24, 2.45) is 0 Å². The minimum absolute atomic E-state index is 0.351. The summed E-state index contributed by atoms with van der Waals surface area (Å²) in [4.78, 5) is 8.19. The molecule has 0 fully saturated rings. The van der Waals surface area contributed by atoms with E-state index < -0.39 is 0 Å². The molecule has 1 aromatic rings. The predicted molar refractivity (Wildman–Crippen MR) is 64.5 cm³/mol. The summed E-state index contributed by atoms with van der Waals surface area (Å²) < 4.78 is 0. The Hall–Kier alpha value is -1.71. The van der Waals surface area contributed by atoms with E-state index in [1.165, 1.54) is 0 Å². The van der Waals surface area contributed by atoms with Crippen LogP contribution >= 0.6 is 0 Å². The first-order valence-electron chi connectivity index (χ1n) is 5.50. The van der Waals surface area contributed by atoms with Gasteiger partial charge in [0.15, 0.2) is 0 Å². The van der Waals surface area contributed by atoms with Gasteiger partial charge in [-0.1, -0.05) is 0 Å². The molecule has 1 unspecified atom stereocenters. The molecule has 0 aromatic carbocycles. The molecule has 0 saturated carbocycles. The van der Waals surface area contributed by atoms with Crippen molar-refractivity contribution in [3.05, 3.63) is 17.5 Å². The molecule has 3 N–H and O–H groups in total. The number of nitrogens with one attached hydrogen (secondary N) is 2. The Kier molecular flexibility index (Phi) is 5.33. The summed E-state index contributed by atoms with van der Waals surface area (Å²) in [6.45, 7) is 5.44. The number of aromatic nitrogens is 2. The van der Waals surface area contributed by atoms with E-state index in [4.69, 9.17) is 10.4 Å². The SMILES string of the molecule is Cc1cc(C#N)nc(NCCNCC(C)O)n1. The van der Waals surface area contributed by atoms with E-state index in [0.29, 0.717) is 31.3 Å². The van der Waals surface area contributed by atoms with Gasteiger partial charge in [-0.15, -0.1) is 0 Å². The van der Waals surface area contributed by atoms with Gasteiger partial charge in [0.25, 0.3) is 0 Å². The van der Waals surface area contributed by atoms with Gasteiger partial charge >= 0.3 is 0 Å². The van der Waals surface area contributed by atoms with Gasteiger partial charge in [0.05, 0.1) is 6.10 Å². The molecule has 0 aliphatic rings. The van der Waals surface area contributed by atoms with Crippen molar-refractivity contribution in [3.8, 4) is 6.07 Å². The maximum absolute atomic E-state index is 9.03. The van der Waals surface area contributed by atoms with Gasteiger partial charge in [-0.3, -0.25) is 0 Å². The van der Waals surface area contributed by atoms with Crippen molar-refractivity contribution in [1.29, 1.82) is 5.26 Å². The number of hydrogen-bond acceptors (Lipinski definition) is 6. The van der Waals surface area contributed by atoms with Crippen LogP contribution in [0.15, 0.2) is 6.07 Å². The molecule has 1 heterocycles. The fourth-order valence-corrected chi connectivity index (χ4v) is 1.28. The topological polar surface area (TPSA) is 93.9 Å². The maximum Gasteiger partial charge on any atom is 0.224 e. The summed E-state index contributed by atoms with van der Waals surface area (Å²) in [6.07, 6.45) is -0.351. The van der Waals surface area contributed by atoms with Crippen LogP contribution in [0.3, 0.4) is 0 Å². The first-order chi connectivity index (χ1) is 8.11. The Labute approximate surface area is 101 Å². The van der Waals surface area contributed by atoms with E-state index >= 15 is 0 Å². The normalized spacial score (nSPS) is 11.9. The fourth-order valence-electron chi connectivity index (χ4n) is 1.28. The molecule has 0 spiro atoms. The summed E-state index contributed by atoms with van der Waals surface area (Å²) >= 11 is 0. The lowest BCUT2D eigenvalue weighted by atomic mass is 10.3. The largest absolute Gasteiger partial charge is 0.392 e. The van der Waals surface area contributed by atoms with E-state index in [-0.39, 0.29) is 6.10 Å². The molecule has 0 aliphatic heterocycles. The van der Waals surface area contributed by atoms with Gasteiger partial charge in [0.2, 0.25) is 5.95 Å². The summed E-state index contributed by atoms with van der Waals surface area (Å²) in [5.74, 6) is 0.459. The van der Waals surface area contributed by atoms with Crippen molar-refractivity contribution in [2.75, 3.05) is 25.0 Å². The quantitative estimate of drug-likeness (QED) is 0.603. The van der Waals surface area contributed by atoms with Gasteiger partial charge in [0, 0.05) is 25.3 Å². The Morgan fingerprint density at radius 3 is 2.88 bits per heavy atom. The molecule has 0 bridgehead atoms. The van der Waals surface area contributed by atoms with Crippen molar-refractivity contribution < 1.29 is 5.11 Å². The van der Waals surface area contributed by atoms with Crippen molar-refractivity contribution >= 4 is 5.95 Å². The molecule has 0 aliphatic carbocycles. The van der Waals surface area contributed by atoms with Crippen LogP contribution < -0.4 is 10.6 Å². The highest BCUT2D eigenvalue weighted by molar-refractivity contribution is 5.32. The highest BCUT2D eigenvalue weighted by atomic mass is 16.3. The Bertz CT molecular complexity index is 399. The molecule has 92 valence electrons. The third-order valence-corrected chi connectivity index (χ3v) is 1.99. The van der Waals surface area contributed by atoms with Crippen LogP contribution in [-0.4, -0.2) is 40.8 Å². The minimum Gasteiger partial charge on any atom is -0.392 e. The highest BCUT2D eigenvalue weighted by Crippen LogP contribution is 2.02. The smallest absolute Gasteiger partial charge is 0.224 e. The zero-order valence-electron chi connectivity index (χ0n) is 10.1. The molecule has 1 aromatic heterocycles. The predicted octanol–water partition coefficient (Wildman–Crippen LogP) is 0.0390. The molecule has 17 heavy (non-hydrogen) atoms. The lowest BCUT2D eigenvalue weighted by Gasteiger charge is -2.08. The molecule has 1 rings (SSSR count). The van der Waals surface area contributed by atoms with E-state index in [9.17, 15) is 0 Å². The molecule has 0 saturated heterocycles. The van der Waals surface area contributed by atoms with E-state index in [1.807, 2.05) is 13.0 Å². The number of aryl methyl sites for hydroxylation is 1. The number of nitrogens with zero attached hydrogens (tertiary/aromatic N) is 3. The van der Waals surface area contributed by atoms with Crippen LogP contribution in [0.2, 0.25) is 0 Å². The number of aliphatic hydroxyl groups excluding tert-OH is 1. The summed E-state index contributed by atoms with van der Waals surface area (Å²) in [7, 11) is 0. The van der Waals surface area contributed by atoms with Gasteiger partial charge in [-0.2, -0.15) is 5.26 Å². The monoisotopic (exact) mass is 235 g/mol. The lowest BCUT2D eigenvalue weighted by Crippen LogP contribution is -2.29. The molecule has 1 atom stereocenters. The highest BCUT2D eigenvalue weighted by Gasteiger charge is 2.00. The van der Waals surface area contributed by atoms with Crippen LogP contribution in [0.25, 0.3) is 0 Å². The number of nitriles is 1. The van der Waals surface area contributed by atoms with Gasteiger partial charge < -0.3 is 15.7 Å². The van der Waals surface area contributed by atoms with Crippen LogP contribution in [0.1, 0.15) is 18.3 Å². The second-order valence-corrected chi connectivity index (χ2v) is 3.81. The number of hydrogen-bond donors (Lipinski definition) is 3. The summed E-state index contributed by atoms with van der Waals surface area (Å²) in [5, 5.41) is 23.9. The van der Waals surface area contributed by atoms with E-state index in [0.717, 1.165) is 5.69 Å². The zero-order chi connectivity index (χ0) is 12.7. The average molecular weight is 235 g/mol. The van der Waals surface area contributed by atoms with Gasteiger partial charge in [-0.05, 0) is 19.9 Å². The first-order valence-corrected chi connectivity index (χ1v) is 5.50. The second kappa shape index (κ2) is 6.78. The number of aliphatic hydroxyl groups is 1. The number of anilines is 1. The fraction of sp³-hybridized carbons (Fsp3) is 0.545. The Balaban J connectivity index is 2.37.